The summed E-state index contributed by atoms with van der Waals surface area (Å²) in [5.74, 6) is 0. The fraction of sp³-hybridized carbons (Fsp3) is 0.385. The van der Waals surface area contributed by atoms with Gasteiger partial charge in [0.25, 0.3) is 0 Å². The summed E-state index contributed by atoms with van der Waals surface area (Å²) in [7, 11) is 0. The Morgan fingerprint density at radius 3 is 2.62 bits per heavy atom. The van der Waals surface area contributed by atoms with Crippen molar-refractivity contribution < 1.29 is 0 Å². The molecule has 0 heteroatoms. The number of hydrogen-bond acceptors (Lipinski definition) is 0. The van der Waals surface area contributed by atoms with Crippen LogP contribution in [0.1, 0.15) is 33.6 Å². The largest absolute Gasteiger partial charge is 0.0985 e. The van der Waals surface area contributed by atoms with Crippen LogP contribution in [0.2, 0.25) is 0 Å². The molecule has 0 bridgehead atoms. The van der Waals surface area contributed by atoms with E-state index in [9.17, 15) is 0 Å². The van der Waals surface area contributed by atoms with Crippen LogP contribution in [-0.4, -0.2) is 0 Å². The van der Waals surface area contributed by atoms with Crippen molar-refractivity contribution in [2.75, 3.05) is 0 Å². The van der Waals surface area contributed by atoms with Gasteiger partial charge < -0.3 is 0 Å². The molecule has 0 fully saturated rings. The average molecular weight is 174 g/mol. The lowest BCUT2D eigenvalue weighted by atomic mass is 9.92. The van der Waals surface area contributed by atoms with E-state index in [1.807, 2.05) is 6.08 Å². The molecule has 0 amide bonds. The number of hydrogen-bond donors (Lipinski definition) is 0. The predicted octanol–water partition coefficient (Wildman–Crippen LogP) is 4.18. The van der Waals surface area contributed by atoms with Crippen molar-refractivity contribution in [1.82, 2.24) is 0 Å². The molecule has 70 valence electrons. The van der Waals surface area contributed by atoms with Crippen LogP contribution in [0.3, 0.4) is 0 Å². The first-order valence-electron chi connectivity index (χ1n) is 4.81. The van der Waals surface area contributed by atoms with Crippen LogP contribution < -0.4 is 0 Å². The molecule has 0 nitrogen and oxygen atoms in total. The lowest BCUT2D eigenvalue weighted by Gasteiger charge is -2.14. The van der Waals surface area contributed by atoms with Gasteiger partial charge in [-0.05, 0) is 44.8 Å². The normalized spacial score (nSPS) is 16.7. The van der Waals surface area contributed by atoms with Crippen LogP contribution in [-0.2, 0) is 0 Å². The molecule has 0 unspecified atom stereocenters. The van der Waals surface area contributed by atoms with Gasteiger partial charge in [-0.2, -0.15) is 0 Å². The molecule has 0 aromatic heterocycles. The third-order valence-electron chi connectivity index (χ3n) is 2.24. The molecule has 0 radical (unpaired) electrons. The van der Waals surface area contributed by atoms with E-state index in [2.05, 4.69) is 39.5 Å². The molecular weight excluding hydrogens is 156 g/mol. The molecular formula is C13H18. The van der Waals surface area contributed by atoms with Crippen LogP contribution in [0.4, 0.5) is 0 Å². The highest BCUT2D eigenvalue weighted by atomic mass is 14.1. The second-order valence-electron chi connectivity index (χ2n) is 3.90. The van der Waals surface area contributed by atoms with Gasteiger partial charge in [-0.1, -0.05) is 36.0 Å². The maximum atomic E-state index is 3.84. The molecule has 0 atom stereocenters. The first-order chi connectivity index (χ1) is 6.13. The topological polar surface area (TPSA) is 0 Å². The number of rotatable bonds is 2. The van der Waals surface area contributed by atoms with E-state index in [0.717, 1.165) is 6.42 Å². The lowest BCUT2D eigenvalue weighted by Crippen LogP contribution is -1.94. The fourth-order valence-electron chi connectivity index (χ4n) is 1.60. The molecule has 0 aliphatic heterocycles. The summed E-state index contributed by atoms with van der Waals surface area (Å²) in [6.07, 6.45) is 8.81. The van der Waals surface area contributed by atoms with E-state index in [1.54, 1.807) is 0 Å². The van der Waals surface area contributed by atoms with Gasteiger partial charge in [-0.15, -0.1) is 0 Å². The SMILES string of the molecule is C=CC1=C(C=C(C)C)CCC(C)=C1. The lowest BCUT2D eigenvalue weighted by molar-refractivity contribution is 0.914. The van der Waals surface area contributed by atoms with E-state index in [-0.39, 0.29) is 0 Å². The highest BCUT2D eigenvalue weighted by Gasteiger charge is 2.06. The van der Waals surface area contributed by atoms with Crippen molar-refractivity contribution in [3.05, 3.63) is 47.1 Å². The zero-order chi connectivity index (χ0) is 9.84. The molecule has 0 aromatic rings. The van der Waals surface area contributed by atoms with Gasteiger partial charge in [-0.25, -0.2) is 0 Å². The van der Waals surface area contributed by atoms with Crippen LogP contribution in [0.15, 0.2) is 47.1 Å². The third-order valence-corrected chi connectivity index (χ3v) is 2.24. The fourth-order valence-corrected chi connectivity index (χ4v) is 1.60. The maximum absolute atomic E-state index is 3.84. The summed E-state index contributed by atoms with van der Waals surface area (Å²) in [6, 6.07) is 0. The first-order valence-corrected chi connectivity index (χ1v) is 4.81. The quantitative estimate of drug-likeness (QED) is 0.589. The molecule has 1 rings (SSSR count). The Kier molecular flexibility index (Phi) is 3.30. The van der Waals surface area contributed by atoms with E-state index in [4.69, 9.17) is 0 Å². The highest BCUT2D eigenvalue weighted by molar-refractivity contribution is 5.45. The van der Waals surface area contributed by atoms with Crippen molar-refractivity contribution in [3.63, 3.8) is 0 Å². The molecule has 0 heterocycles. The van der Waals surface area contributed by atoms with Gasteiger partial charge in [0.05, 0.1) is 0 Å². The van der Waals surface area contributed by atoms with Gasteiger partial charge in [0, 0.05) is 0 Å². The Morgan fingerprint density at radius 1 is 1.38 bits per heavy atom. The average Bonchev–Trinajstić information content (AvgIpc) is 2.07. The molecule has 0 saturated carbocycles. The van der Waals surface area contributed by atoms with Crippen LogP contribution >= 0.6 is 0 Å². The Morgan fingerprint density at radius 2 is 2.08 bits per heavy atom. The van der Waals surface area contributed by atoms with Crippen molar-refractivity contribution in [3.8, 4) is 0 Å². The third kappa shape index (κ3) is 2.73. The molecule has 1 aliphatic rings. The van der Waals surface area contributed by atoms with Gasteiger partial charge in [-0.3, -0.25) is 0 Å². The summed E-state index contributed by atoms with van der Waals surface area (Å²) >= 11 is 0. The van der Waals surface area contributed by atoms with Crippen LogP contribution in [0.25, 0.3) is 0 Å². The summed E-state index contributed by atoms with van der Waals surface area (Å²) in [5.41, 5.74) is 5.55. The summed E-state index contributed by atoms with van der Waals surface area (Å²) in [5, 5.41) is 0. The van der Waals surface area contributed by atoms with Gasteiger partial charge in [0.2, 0.25) is 0 Å². The zero-order valence-electron chi connectivity index (χ0n) is 8.85. The Balaban J connectivity index is 3.03. The minimum atomic E-state index is 1.16. The van der Waals surface area contributed by atoms with Crippen molar-refractivity contribution in [2.45, 2.75) is 33.6 Å². The van der Waals surface area contributed by atoms with Gasteiger partial charge >= 0.3 is 0 Å². The van der Waals surface area contributed by atoms with E-state index in [0.29, 0.717) is 0 Å². The molecule has 0 N–H and O–H groups in total. The monoisotopic (exact) mass is 174 g/mol. The van der Waals surface area contributed by atoms with E-state index < -0.39 is 0 Å². The Bertz CT molecular complexity index is 294. The Labute approximate surface area is 81.4 Å². The maximum Gasteiger partial charge on any atom is -0.0231 e. The number of allylic oxidation sites excluding steroid dienone is 7. The standard InChI is InChI=1S/C13H18/c1-5-12-9-11(4)6-7-13(12)8-10(2)3/h5,8-9H,1,6-7H2,2-4H3. The molecule has 13 heavy (non-hydrogen) atoms. The second-order valence-corrected chi connectivity index (χ2v) is 3.90. The Hall–Kier alpha value is -1.04. The summed E-state index contributed by atoms with van der Waals surface area (Å²) in [6.45, 7) is 10.3. The van der Waals surface area contributed by atoms with Crippen molar-refractivity contribution in [2.24, 2.45) is 0 Å². The summed E-state index contributed by atoms with van der Waals surface area (Å²) < 4.78 is 0. The van der Waals surface area contributed by atoms with Gasteiger partial charge in [0.1, 0.15) is 0 Å². The van der Waals surface area contributed by atoms with Crippen molar-refractivity contribution >= 4 is 0 Å². The summed E-state index contributed by atoms with van der Waals surface area (Å²) in [4.78, 5) is 0. The minimum absolute atomic E-state index is 1.16. The van der Waals surface area contributed by atoms with E-state index >= 15 is 0 Å². The molecule has 1 aliphatic carbocycles. The highest BCUT2D eigenvalue weighted by Crippen LogP contribution is 2.25. The zero-order valence-corrected chi connectivity index (χ0v) is 8.85. The van der Waals surface area contributed by atoms with Crippen LogP contribution in [0.5, 0.6) is 0 Å². The second kappa shape index (κ2) is 4.27. The minimum Gasteiger partial charge on any atom is -0.0985 e. The van der Waals surface area contributed by atoms with E-state index in [1.165, 1.54) is 28.7 Å². The molecule has 0 spiro atoms. The first kappa shape index (κ1) is 10.0. The van der Waals surface area contributed by atoms with Gasteiger partial charge in [0.15, 0.2) is 0 Å². The predicted molar refractivity (Wildman–Crippen MR) is 59.6 cm³/mol. The molecule has 0 aromatic carbocycles. The smallest absolute Gasteiger partial charge is 0.0231 e. The van der Waals surface area contributed by atoms with Crippen LogP contribution in [0, 0.1) is 0 Å². The molecule has 0 saturated heterocycles. The van der Waals surface area contributed by atoms with Crippen molar-refractivity contribution in [1.29, 1.82) is 0 Å².